The summed E-state index contributed by atoms with van der Waals surface area (Å²) < 4.78 is 36.1. The highest BCUT2D eigenvalue weighted by Crippen LogP contribution is 2.16. The molecule has 0 saturated heterocycles. The largest absolute Gasteiger partial charge is 0.480 e. The fraction of sp³-hybridized carbons (Fsp3) is 0.556. The molecular formula is C9H13F3N2O3. The van der Waals surface area contributed by atoms with Crippen molar-refractivity contribution in [3.8, 4) is 0 Å². The van der Waals surface area contributed by atoms with Gasteiger partial charge in [0.1, 0.15) is 13.1 Å². The smallest absolute Gasteiger partial charge is 0.406 e. The molecule has 0 spiro atoms. The molecule has 2 amide bonds. The Morgan fingerprint density at radius 2 is 1.94 bits per heavy atom. The zero-order valence-electron chi connectivity index (χ0n) is 9.20. The number of hydrogen-bond donors (Lipinski definition) is 1. The highest BCUT2D eigenvalue weighted by atomic mass is 19.4. The number of carbonyl (C=O) groups is 2. The minimum Gasteiger partial charge on any atom is -0.480 e. The Morgan fingerprint density at radius 1 is 1.41 bits per heavy atom. The molecule has 0 bridgehead atoms. The van der Waals surface area contributed by atoms with Gasteiger partial charge in [-0.1, -0.05) is 6.08 Å². The van der Waals surface area contributed by atoms with Gasteiger partial charge in [0.05, 0.1) is 0 Å². The Hall–Kier alpha value is -1.73. The van der Waals surface area contributed by atoms with Gasteiger partial charge in [-0.05, 0) is 0 Å². The standard InChI is InChI=1S/C9H13F3N2O3/c1-3-4-14(5-7(15)16)8(17)13(2)6-9(10,11)12/h3H,1,4-6H2,2H3,(H,15,16). The van der Waals surface area contributed by atoms with E-state index in [1.807, 2.05) is 0 Å². The van der Waals surface area contributed by atoms with Crippen molar-refractivity contribution in [2.24, 2.45) is 0 Å². The number of urea groups is 1. The lowest BCUT2D eigenvalue weighted by molar-refractivity contribution is -0.140. The third kappa shape index (κ3) is 6.44. The van der Waals surface area contributed by atoms with Crippen LogP contribution in [0.15, 0.2) is 12.7 Å². The van der Waals surface area contributed by atoms with E-state index >= 15 is 0 Å². The van der Waals surface area contributed by atoms with Gasteiger partial charge in [-0.25, -0.2) is 4.79 Å². The molecule has 0 aromatic heterocycles. The molecule has 0 fully saturated rings. The highest BCUT2D eigenvalue weighted by molar-refractivity contribution is 5.80. The molecule has 1 N–H and O–H groups in total. The first kappa shape index (κ1) is 15.3. The maximum absolute atomic E-state index is 12.0. The summed E-state index contributed by atoms with van der Waals surface area (Å²) in [6.07, 6.45) is -3.28. The lowest BCUT2D eigenvalue weighted by Gasteiger charge is -2.26. The molecule has 0 saturated carbocycles. The Kier molecular flexibility index (Phi) is 5.49. The molecule has 17 heavy (non-hydrogen) atoms. The van der Waals surface area contributed by atoms with Gasteiger partial charge >= 0.3 is 18.2 Å². The van der Waals surface area contributed by atoms with Crippen LogP contribution in [0.25, 0.3) is 0 Å². The molecule has 98 valence electrons. The number of rotatable bonds is 5. The van der Waals surface area contributed by atoms with Gasteiger partial charge in [-0.2, -0.15) is 13.2 Å². The van der Waals surface area contributed by atoms with Gasteiger partial charge in [0, 0.05) is 13.6 Å². The van der Waals surface area contributed by atoms with E-state index < -0.39 is 31.3 Å². The number of amides is 2. The van der Waals surface area contributed by atoms with Crippen LogP contribution in [0.2, 0.25) is 0 Å². The Bertz CT molecular complexity index is 304. The normalized spacial score (nSPS) is 10.8. The van der Waals surface area contributed by atoms with Gasteiger partial charge < -0.3 is 14.9 Å². The van der Waals surface area contributed by atoms with Gasteiger partial charge in [0.15, 0.2) is 0 Å². The van der Waals surface area contributed by atoms with Crippen molar-refractivity contribution in [3.63, 3.8) is 0 Å². The molecule has 0 aliphatic rings. The minimum absolute atomic E-state index is 0.132. The number of halogens is 3. The van der Waals surface area contributed by atoms with Crippen molar-refractivity contribution in [2.45, 2.75) is 6.18 Å². The van der Waals surface area contributed by atoms with Crippen molar-refractivity contribution in [3.05, 3.63) is 12.7 Å². The number of alkyl halides is 3. The van der Waals surface area contributed by atoms with E-state index in [4.69, 9.17) is 5.11 Å². The first-order valence-corrected chi connectivity index (χ1v) is 4.57. The molecule has 5 nitrogen and oxygen atoms in total. The van der Waals surface area contributed by atoms with Gasteiger partial charge in [-0.15, -0.1) is 6.58 Å². The number of carboxylic acids is 1. The van der Waals surface area contributed by atoms with E-state index in [0.717, 1.165) is 11.9 Å². The van der Waals surface area contributed by atoms with Crippen LogP contribution >= 0.6 is 0 Å². The van der Waals surface area contributed by atoms with Crippen molar-refractivity contribution in [2.75, 3.05) is 26.7 Å². The van der Waals surface area contributed by atoms with Crippen LogP contribution in [0.1, 0.15) is 0 Å². The lowest BCUT2D eigenvalue weighted by Crippen LogP contribution is -2.46. The van der Waals surface area contributed by atoms with E-state index in [9.17, 15) is 22.8 Å². The van der Waals surface area contributed by atoms with Gasteiger partial charge in [0.25, 0.3) is 0 Å². The van der Waals surface area contributed by atoms with Gasteiger partial charge in [0.2, 0.25) is 0 Å². The zero-order valence-corrected chi connectivity index (χ0v) is 9.20. The number of hydrogen-bond acceptors (Lipinski definition) is 2. The second-order valence-electron chi connectivity index (χ2n) is 3.32. The third-order valence-corrected chi connectivity index (χ3v) is 1.69. The summed E-state index contributed by atoms with van der Waals surface area (Å²) in [5.41, 5.74) is 0. The SMILES string of the molecule is C=CCN(CC(=O)O)C(=O)N(C)CC(F)(F)F. The summed E-state index contributed by atoms with van der Waals surface area (Å²) in [5.74, 6) is -1.30. The minimum atomic E-state index is -4.52. The average Bonchev–Trinajstić information content (AvgIpc) is 2.12. The summed E-state index contributed by atoms with van der Waals surface area (Å²) in [7, 11) is 0.952. The van der Waals surface area contributed by atoms with Crippen LogP contribution in [0.4, 0.5) is 18.0 Å². The second-order valence-corrected chi connectivity index (χ2v) is 3.32. The zero-order chi connectivity index (χ0) is 13.6. The number of aliphatic carboxylic acids is 1. The summed E-state index contributed by atoms with van der Waals surface area (Å²) >= 11 is 0. The molecule has 0 aromatic rings. The predicted octanol–water partition coefficient (Wildman–Crippen LogP) is 1.17. The summed E-state index contributed by atoms with van der Waals surface area (Å²) in [4.78, 5) is 23.1. The predicted molar refractivity (Wildman–Crippen MR) is 53.5 cm³/mol. The first-order valence-electron chi connectivity index (χ1n) is 4.57. The molecule has 0 rings (SSSR count). The van der Waals surface area contributed by atoms with Crippen molar-refractivity contribution in [1.82, 2.24) is 9.80 Å². The van der Waals surface area contributed by atoms with Crippen LogP contribution in [0, 0.1) is 0 Å². The quantitative estimate of drug-likeness (QED) is 0.749. The molecule has 0 aromatic carbocycles. The van der Waals surface area contributed by atoms with Crippen LogP contribution in [0.5, 0.6) is 0 Å². The molecule has 0 unspecified atom stereocenters. The Morgan fingerprint density at radius 3 is 2.29 bits per heavy atom. The molecule has 0 radical (unpaired) electrons. The molecule has 8 heteroatoms. The highest BCUT2D eigenvalue weighted by Gasteiger charge is 2.32. The number of nitrogens with zero attached hydrogens (tertiary/aromatic N) is 2. The molecule has 0 aliphatic carbocycles. The monoisotopic (exact) mass is 254 g/mol. The third-order valence-electron chi connectivity index (χ3n) is 1.69. The van der Waals surface area contributed by atoms with E-state index in [1.54, 1.807) is 0 Å². The topological polar surface area (TPSA) is 60.9 Å². The van der Waals surface area contributed by atoms with Crippen LogP contribution in [0.3, 0.4) is 0 Å². The van der Waals surface area contributed by atoms with Crippen LogP contribution in [-0.4, -0.2) is 59.8 Å². The summed E-state index contributed by atoms with van der Waals surface area (Å²) in [5, 5.41) is 8.50. The molecule has 0 atom stereocenters. The second kappa shape index (κ2) is 6.12. The lowest BCUT2D eigenvalue weighted by atomic mass is 10.4. The van der Waals surface area contributed by atoms with E-state index in [2.05, 4.69) is 6.58 Å². The maximum Gasteiger partial charge on any atom is 0.406 e. The van der Waals surface area contributed by atoms with Gasteiger partial charge in [-0.3, -0.25) is 4.79 Å². The van der Waals surface area contributed by atoms with E-state index in [1.165, 1.54) is 6.08 Å². The summed E-state index contributed by atoms with van der Waals surface area (Å²) in [6.45, 7) is 1.06. The maximum atomic E-state index is 12.0. The summed E-state index contributed by atoms with van der Waals surface area (Å²) in [6, 6.07) is -1.01. The fourth-order valence-corrected chi connectivity index (χ4v) is 1.11. The fourth-order valence-electron chi connectivity index (χ4n) is 1.11. The van der Waals surface area contributed by atoms with Crippen molar-refractivity contribution < 1.29 is 27.9 Å². The molecule has 0 heterocycles. The Balaban J connectivity index is 4.59. The van der Waals surface area contributed by atoms with Crippen LogP contribution in [-0.2, 0) is 4.79 Å². The van der Waals surface area contributed by atoms with Crippen LogP contribution < -0.4 is 0 Å². The average molecular weight is 254 g/mol. The van der Waals surface area contributed by atoms with E-state index in [0.29, 0.717) is 4.90 Å². The van der Waals surface area contributed by atoms with E-state index in [-0.39, 0.29) is 6.54 Å². The molecule has 0 aliphatic heterocycles. The Labute approximate surface area is 96.1 Å². The first-order chi connectivity index (χ1) is 7.67. The number of carboxylic acid groups (broad SMARTS) is 1. The molecular weight excluding hydrogens is 241 g/mol. The van der Waals surface area contributed by atoms with Crippen molar-refractivity contribution in [1.29, 1.82) is 0 Å². The number of carbonyl (C=O) groups excluding carboxylic acids is 1. The van der Waals surface area contributed by atoms with Crippen molar-refractivity contribution >= 4 is 12.0 Å².